The lowest BCUT2D eigenvalue weighted by Crippen LogP contribution is -2.14. The summed E-state index contributed by atoms with van der Waals surface area (Å²) in [5.41, 5.74) is 2.68. The van der Waals surface area contributed by atoms with Crippen LogP contribution in [-0.4, -0.2) is 9.97 Å². The Kier molecular flexibility index (Phi) is 1.94. The third-order valence-electron chi connectivity index (χ3n) is 3.47. The minimum absolute atomic E-state index is 0.669. The predicted octanol–water partition coefficient (Wildman–Crippen LogP) is 2.90. The van der Waals surface area contributed by atoms with Crippen LogP contribution in [0.25, 0.3) is 0 Å². The van der Waals surface area contributed by atoms with Crippen molar-refractivity contribution < 1.29 is 0 Å². The fourth-order valence-electron chi connectivity index (χ4n) is 2.35. The van der Waals surface area contributed by atoms with Crippen molar-refractivity contribution in [2.45, 2.75) is 44.4 Å². The van der Waals surface area contributed by atoms with E-state index in [2.05, 4.69) is 9.97 Å². The Morgan fingerprint density at radius 2 is 2.07 bits per heavy atom. The summed E-state index contributed by atoms with van der Waals surface area (Å²) in [7, 11) is 0. The molecule has 14 heavy (non-hydrogen) atoms. The summed E-state index contributed by atoms with van der Waals surface area (Å²) in [6.07, 6.45) is 7.47. The summed E-state index contributed by atoms with van der Waals surface area (Å²) in [6.45, 7) is 0. The van der Waals surface area contributed by atoms with E-state index >= 15 is 0 Å². The van der Waals surface area contributed by atoms with Crippen molar-refractivity contribution in [2.75, 3.05) is 0 Å². The van der Waals surface area contributed by atoms with Crippen molar-refractivity contribution in [3.8, 4) is 0 Å². The Bertz CT molecular complexity index is 418. The van der Waals surface area contributed by atoms with Crippen molar-refractivity contribution in [1.82, 2.24) is 9.97 Å². The first kappa shape index (κ1) is 8.60. The monoisotopic (exact) mass is 206 g/mol. The van der Waals surface area contributed by atoms with Crippen LogP contribution in [0.1, 0.15) is 48.7 Å². The molecule has 0 amide bonds. The zero-order chi connectivity index (χ0) is 9.54. The van der Waals surface area contributed by atoms with Gasteiger partial charge >= 0.3 is 0 Å². The lowest BCUT2D eigenvalue weighted by Gasteiger charge is -2.24. The fourth-order valence-corrected chi connectivity index (χ4v) is 2.68. The van der Waals surface area contributed by atoms with Gasteiger partial charge in [-0.15, -0.1) is 0 Å². The third kappa shape index (κ3) is 1.22. The number of nitrogens with zero attached hydrogens (tertiary/aromatic N) is 1. The summed E-state index contributed by atoms with van der Waals surface area (Å²) in [4.78, 5) is 8.02. The van der Waals surface area contributed by atoms with E-state index in [-0.39, 0.29) is 0 Å². The van der Waals surface area contributed by atoms with E-state index in [0.717, 1.165) is 16.9 Å². The van der Waals surface area contributed by atoms with Crippen molar-refractivity contribution in [3.05, 3.63) is 21.7 Å². The van der Waals surface area contributed by atoms with Crippen LogP contribution in [0.4, 0.5) is 0 Å². The first-order chi connectivity index (χ1) is 6.84. The van der Waals surface area contributed by atoms with Crippen LogP contribution < -0.4 is 0 Å². The van der Waals surface area contributed by atoms with Crippen LogP contribution in [0, 0.1) is 4.64 Å². The number of fused-ring (bicyclic) bond motifs is 1. The standard InChI is InChI=1S/C11H14N2S/c14-11-8-5-2-6-9(8)12-10(13-11)7-3-1-4-7/h7H,1-6H2,(H,12,13,14). The molecule has 2 aliphatic carbocycles. The molecule has 2 aliphatic rings. The number of H-pyrrole nitrogens is 1. The highest BCUT2D eigenvalue weighted by atomic mass is 32.1. The SMILES string of the molecule is S=c1nc(C2CCC2)[nH]c2c1CCC2. The summed E-state index contributed by atoms with van der Waals surface area (Å²) in [5.74, 6) is 1.82. The Hall–Kier alpha value is -0.700. The van der Waals surface area contributed by atoms with Gasteiger partial charge < -0.3 is 4.98 Å². The van der Waals surface area contributed by atoms with Crippen LogP contribution in [0.5, 0.6) is 0 Å². The van der Waals surface area contributed by atoms with E-state index in [1.807, 2.05) is 0 Å². The maximum atomic E-state index is 5.33. The van der Waals surface area contributed by atoms with Gasteiger partial charge in [-0.2, -0.15) is 0 Å². The highest BCUT2D eigenvalue weighted by molar-refractivity contribution is 7.71. The molecule has 74 valence electrons. The van der Waals surface area contributed by atoms with Gasteiger partial charge in [-0.1, -0.05) is 18.6 Å². The van der Waals surface area contributed by atoms with E-state index < -0.39 is 0 Å². The molecule has 0 bridgehead atoms. The molecule has 0 unspecified atom stereocenters. The van der Waals surface area contributed by atoms with Gasteiger partial charge in [0.05, 0.1) is 0 Å². The Balaban J connectivity index is 2.07. The van der Waals surface area contributed by atoms with Crippen LogP contribution >= 0.6 is 12.2 Å². The van der Waals surface area contributed by atoms with Gasteiger partial charge in [0, 0.05) is 17.2 Å². The fraction of sp³-hybridized carbons (Fsp3) is 0.636. The molecule has 1 heterocycles. The molecule has 1 fully saturated rings. The molecule has 0 aromatic carbocycles. The van der Waals surface area contributed by atoms with Crippen molar-refractivity contribution in [3.63, 3.8) is 0 Å². The van der Waals surface area contributed by atoms with E-state index in [1.54, 1.807) is 0 Å². The summed E-state index contributed by atoms with van der Waals surface area (Å²) < 4.78 is 0.859. The summed E-state index contributed by atoms with van der Waals surface area (Å²) in [6, 6.07) is 0. The number of aryl methyl sites for hydroxylation is 1. The second kappa shape index (κ2) is 3.16. The second-order valence-electron chi connectivity index (χ2n) is 4.37. The summed E-state index contributed by atoms with van der Waals surface area (Å²) in [5, 5.41) is 0. The van der Waals surface area contributed by atoms with E-state index in [1.165, 1.54) is 43.4 Å². The number of rotatable bonds is 1. The molecule has 0 spiro atoms. The number of nitrogens with one attached hydrogen (secondary N) is 1. The third-order valence-corrected chi connectivity index (χ3v) is 3.81. The van der Waals surface area contributed by atoms with Gasteiger partial charge in [-0.05, 0) is 32.1 Å². The average molecular weight is 206 g/mol. The Labute approximate surface area is 88.8 Å². The van der Waals surface area contributed by atoms with Gasteiger partial charge in [0.2, 0.25) is 0 Å². The smallest absolute Gasteiger partial charge is 0.133 e. The highest BCUT2D eigenvalue weighted by Gasteiger charge is 2.23. The summed E-state index contributed by atoms with van der Waals surface area (Å²) >= 11 is 5.33. The molecule has 2 nitrogen and oxygen atoms in total. The molecule has 1 saturated carbocycles. The van der Waals surface area contributed by atoms with Crippen molar-refractivity contribution in [1.29, 1.82) is 0 Å². The predicted molar refractivity (Wildman–Crippen MR) is 58.0 cm³/mol. The normalized spacial score (nSPS) is 20.6. The Morgan fingerprint density at radius 1 is 1.21 bits per heavy atom. The van der Waals surface area contributed by atoms with Gasteiger partial charge in [0.1, 0.15) is 10.5 Å². The maximum absolute atomic E-state index is 5.33. The second-order valence-corrected chi connectivity index (χ2v) is 4.75. The molecule has 0 radical (unpaired) electrons. The van der Waals surface area contributed by atoms with Gasteiger partial charge in [0.25, 0.3) is 0 Å². The van der Waals surface area contributed by atoms with Crippen molar-refractivity contribution in [2.24, 2.45) is 0 Å². The molecule has 1 N–H and O–H groups in total. The molecular weight excluding hydrogens is 192 g/mol. The quantitative estimate of drug-likeness (QED) is 0.716. The van der Waals surface area contributed by atoms with Gasteiger partial charge in [0.15, 0.2) is 0 Å². The molecule has 0 atom stereocenters. The zero-order valence-corrected chi connectivity index (χ0v) is 8.99. The highest BCUT2D eigenvalue weighted by Crippen LogP contribution is 2.35. The first-order valence-electron chi connectivity index (χ1n) is 5.46. The van der Waals surface area contributed by atoms with Gasteiger partial charge in [-0.25, -0.2) is 4.98 Å². The van der Waals surface area contributed by atoms with Crippen LogP contribution in [-0.2, 0) is 12.8 Å². The van der Waals surface area contributed by atoms with Crippen LogP contribution in [0.15, 0.2) is 0 Å². The van der Waals surface area contributed by atoms with E-state index in [4.69, 9.17) is 12.2 Å². The number of hydrogen-bond acceptors (Lipinski definition) is 2. The minimum atomic E-state index is 0.669. The Morgan fingerprint density at radius 3 is 2.79 bits per heavy atom. The number of aromatic nitrogens is 2. The molecule has 0 aliphatic heterocycles. The zero-order valence-electron chi connectivity index (χ0n) is 8.18. The number of aromatic amines is 1. The minimum Gasteiger partial charge on any atom is -0.347 e. The number of hydrogen-bond donors (Lipinski definition) is 1. The van der Waals surface area contributed by atoms with E-state index in [0.29, 0.717) is 5.92 Å². The van der Waals surface area contributed by atoms with Crippen LogP contribution in [0.2, 0.25) is 0 Å². The molecule has 3 rings (SSSR count). The molecular formula is C11H14N2S. The lowest BCUT2D eigenvalue weighted by molar-refractivity contribution is 0.400. The largest absolute Gasteiger partial charge is 0.347 e. The lowest BCUT2D eigenvalue weighted by atomic mass is 9.85. The maximum Gasteiger partial charge on any atom is 0.133 e. The molecule has 1 aromatic heterocycles. The first-order valence-corrected chi connectivity index (χ1v) is 5.87. The molecule has 3 heteroatoms. The molecule has 0 saturated heterocycles. The van der Waals surface area contributed by atoms with E-state index in [9.17, 15) is 0 Å². The molecule has 1 aromatic rings. The van der Waals surface area contributed by atoms with Gasteiger partial charge in [-0.3, -0.25) is 0 Å². The van der Waals surface area contributed by atoms with Crippen molar-refractivity contribution >= 4 is 12.2 Å². The topological polar surface area (TPSA) is 28.7 Å². The van der Waals surface area contributed by atoms with Crippen LogP contribution in [0.3, 0.4) is 0 Å². The average Bonchev–Trinajstić information content (AvgIpc) is 2.48.